The molecule has 0 aliphatic carbocycles. The average Bonchev–Trinajstić information content (AvgIpc) is 2.47. The Hall–Kier alpha value is -0.870. The zero-order chi connectivity index (χ0) is 15.8. The molecule has 0 saturated heterocycles. The number of esters is 1. The number of carbonyl (C=O) groups excluding carboxylic acids is 1. The molecule has 0 aromatic rings. The van der Waals surface area contributed by atoms with E-state index in [4.69, 9.17) is 14.2 Å². The molecule has 0 bridgehead atoms. The molecule has 4 heteroatoms. The summed E-state index contributed by atoms with van der Waals surface area (Å²) in [7, 11) is 0. The molecule has 0 aliphatic heterocycles. The van der Waals surface area contributed by atoms with Crippen molar-refractivity contribution in [3.05, 3.63) is 12.2 Å². The van der Waals surface area contributed by atoms with Crippen LogP contribution in [-0.2, 0) is 19.0 Å². The van der Waals surface area contributed by atoms with Crippen molar-refractivity contribution in [1.29, 1.82) is 0 Å². The van der Waals surface area contributed by atoms with Gasteiger partial charge in [-0.15, -0.1) is 0 Å². The fraction of sp³-hybridized carbons (Fsp3) is 0.824. The van der Waals surface area contributed by atoms with Gasteiger partial charge in [-0.25, -0.2) is 0 Å². The SMILES string of the molecule is CCCCOC(=O)CCCCC/C=C/C(OCC)OCC. The van der Waals surface area contributed by atoms with Gasteiger partial charge in [0, 0.05) is 19.6 Å². The molecule has 0 rings (SSSR count). The summed E-state index contributed by atoms with van der Waals surface area (Å²) in [5.41, 5.74) is 0. The van der Waals surface area contributed by atoms with Crippen LogP contribution < -0.4 is 0 Å². The predicted molar refractivity (Wildman–Crippen MR) is 85.1 cm³/mol. The molecule has 0 aromatic carbocycles. The highest BCUT2D eigenvalue weighted by Gasteiger charge is 2.02. The molecular formula is C17H32O4. The van der Waals surface area contributed by atoms with Gasteiger partial charge in [-0.05, 0) is 45.6 Å². The number of hydrogen-bond donors (Lipinski definition) is 0. The summed E-state index contributed by atoms with van der Waals surface area (Å²) in [5, 5.41) is 0. The number of hydrogen-bond acceptors (Lipinski definition) is 4. The molecule has 0 aliphatic rings. The minimum absolute atomic E-state index is 0.0632. The monoisotopic (exact) mass is 300 g/mol. The molecule has 0 unspecified atom stereocenters. The van der Waals surface area contributed by atoms with Gasteiger partial charge >= 0.3 is 5.97 Å². The smallest absolute Gasteiger partial charge is 0.305 e. The lowest BCUT2D eigenvalue weighted by atomic mass is 10.1. The van der Waals surface area contributed by atoms with E-state index < -0.39 is 0 Å². The fourth-order valence-corrected chi connectivity index (χ4v) is 1.81. The molecule has 0 spiro atoms. The number of allylic oxidation sites excluding steroid dienone is 1. The first-order valence-electron chi connectivity index (χ1n) is 8.30. The molecule has 0 fully saturated rings. The average molecular weight is 300 g/mol. The van der Waals surface area contributed by atoms with E-state index in [2.05, 4.69) is 13.0 Å². The molecule has 0 N–H and O–H groups in total. The van der Waals surface area contributed by atoms with Crippen LogP contribution in [0.5, 0.6) is 0 Å². The summed E-state index contributed by atoms with van der Waals surface area (Å²) in [6.07, 6.45) is 10.4. The molecule has 0 aromatic heterocycles. The van der Waals surface area contributed by atoms with Crippen molar-refractivity contribution in [3.8, 4) is 0 Å². The standard InChI is InChI=1S/C17H32O4/c1-4-7-15-21-16(18)13-11-9-8-10-12-14-17(19-5-2)20-6-3/h12,14,17H,4-11,13,15H2,1-3H3/b14-12+. The maximum absolute atomic E-state index is 11.4. The highest BCUT2D eigenvalue weighted by Crippen LogP contribution is 2.06. The predicted octanol–water partition coefficient (Wildman–Crippen LogP) is 4.24. The van der Waals surface area contributed by atoms with Crippen LogP contribution in [0.4, 0.5) is 0 Å². The van der Waals surface area contributed by atoms with Crippen LogP contribution in [0.1, 0.15) is 65.7 Å². The molecule has 0 amide bonds. The van der Waals surface area contributed by atoms with Crippen molar-refractivity contribution < 1.29 is 19.0 Å². The quantitative estimate of drug-likeness (QED) is 0.208. The van der Waals surface area contributed by atoms with Crippen molar-refractivity contribution in [2.75, 3.05) is 19.8 Å². The molecular weight excluding hydrogens is 268 g/mol. The van der Waals surface area contributed by atoms with Crippen molar-refractivity contribution in [3.63, 3.8) is 0 Å². The minimum atomic E-state index is -0.228. The molecule has 0 atom stereocenters. The van der Waals surface area contributed by atoms with E-state index in [1.165, 1.54) is 0 Å². The van der Waals surface area contributed by atoms with E-state index in [0.29, 0.717) is 26.2 Å². The number of ether oxygens (including phenoxy) is 3. The number of carbonyl (C=O) groups is 1. The zero-order valence-electron chi connectivity index (χ0n) is 13.9. The van der Waals surface area contributed by atoms with Gasteiger partial charge in [0.15, 0.2) is 6.29 Å². The van der Waals surface area contributed by atoms with Crippen molar-refractivity contribution in [2.45, 2.75) is 72.0 Å². The Morgan fingerprint density at radius 2 is 1.71 bits per heavy atom. The maximum Gasteiger partial charge on any atom is 0.305 e. The van der Waals surface area contributed by atoms with Gasteiger partial charge in [0.25, 0.3) is 0 Å². The van der Waals surface area contributed by atoms with Crippen molar-refractivity contribution >= 4 is 5.97 Å². The summed E-state index contributed by atoms with van der Waals surface area (Å²) in [5.74, 6) is -0.0632. The fourth-order valence-electron chi connectivity index (χ4n) is 1.81. The second-order valence-electron chi connectivity index (χ2n) is 4.88. The molecule has 0 saturated carbocycles. The van der Waals surface area contributed by atoms with Crippen LogP contribution >= 0.6 is 0 Å². The first-order chi connectivity index (χ1) is 10.2. The minimum Gasteiger partial charge on any atom is -0.466 e. The van der Waals surface area contributed by atoms with Crippen LogP contribution in [-0.4, -0.2) is 32.1 Å². The number of rotatable bonds is 14. The molecule has 21 heavy (non-hydrogen) atoms. The Kier molecular flexibility index (Phi) is 14.9. The Morgan fingerprint density at radius 1 is 1.00 bits per heavy atom. The van der Waals surface area contributed by atoms with Gasteiger partial charge in [0.1, 0.15) is 0 Å². The van der Waals surface area contributed by atoms with E-state index in [1.807, 2.05) is 19.9 Å². The lowest BCUT2D eigenvalue weighted by Crippen LogP contribution is -2.14. The summed E-state index contributed by atoms with van der Waals surface area (Å²) >= 11 is 0. The normalized spacial score (nSPS) is 11.4. The highest BCUT2D eigenvalue weighted by atomic mass is 16.7. The van der Waals surface area contributed by atoms with Crippen LogP contribution in [0.2, 0.25) is 0 Å². The second-order valence-corrected chi connectivity index (χ2v) is 4.88. The maximum atomic E-state index is 11.4. The van der Waals surface area contributed by atoms with E-state index in [-0.39, 0.29) is 12.3 Å². The summed E-state index contributed by atoms with van der Waals surface area (Å²) < 4.78 is 15.9. The van der Waals surface area contributed by atoms with E-state index >= 15 is 0 Å². The summed E-state index contributed by atoms with van der Waals surface area (Å²) in [6.45, 7) is 7.86. The third-order valence-electron chi connectivity index (χ3n) is 2.97. The van der Waals surface area contributed by atoms with Crippen molar-refractivity contribution in [1.82, 2.24) is 0 Å². The van der Waals surface area contributed by atoms with Crippen LogP contribution in [0.25, 0.3) is 0 Å². The van der Waals surface area contributed by atoms with Gasteiger partial charge in [0.2, 0.25) is 0 Å². The Morgan fingerprint density at radius 3 is 2.33 bits per heavy atom. The van der Waals surface area contributed by atoms with Crippen LogP contribution in [0.3, 0.4) is 0 Å². The zero-order valence-corrected chi connectivity index (χ0v) is 13.9. The van der Waals surface area contributed by atoms with Gasteiger partial charge in [-0.3, -0.25) is 4.79 Å². The highest BCUT2D eigenvalue weighted by molar-refractivity contribution is 5.69. The van der Waals surface area contributed by atoms with Gasteiger partial charge in [0.05, 0.1) is 6.61 Å². The third kappa shape index (κ3) is 13.9. The van der Waals surface area contributed by atoms with E-state index in [0.717, 1.165) is 38.5 Å². The van der Waals surface area contributed by atoms with Gasteiger partial charge < -0.3 is 14.2 Å². The second kappa shape index (κ2) is 15.5. The largest absolute Gasteiger partial charge is 0.466 e. The Bertz CT molecular complexity index is 258. The third-order valence-corrected chi connectivity index (χ3v) is 2.97. The van der Waals surface area contributed by atoms with Gasteiger partial charge in [-0.2, -0.15) is 0 Å². The Labute approximate surface area is 129 Å². The Balaban J connectivity index is 3.51. The molecule has 0 radical (unpaired) electrons. The summed E-state index contributed by atoms with van der Waals surface area (Å²) in [6, 6.07) is 0. The molecule has 124 valence electrons. The van der Waals surface area contributed by atoms with Gasteiger partial charge in [-0.1, -0.05) is 25.8 Å². The molecule has 0 heterocycles. The van der Waals surface area contributed by atoms with Crippen LogP contribution in [0.15, 0.2) is 12.2 Å². The first-order valence-corrected chi connectivity index (χ1v) is 8.30. The topological polar surface area (TPSA) is 44.8 Å². The van der Waals surface area contributed by atoms with E-state index in [1.54, 1.807) is 0 Å². The molecule has 4 nitrogen and oxygen atoms in total. The lowest BCUT2D eigenvalue weighted by molar-refractivity contribution is -0.143. The number of unbranched alkanes of at least 4 members (excludes halogenated alkanes) is 4. The van der Waals surface area contributed by atoms with Crippen molar-refractivity contribution in [2.24, 2.45) is 0 Å². The lowest BCUT2D eigenvalue weighted by Gasteiger charge is -2.12. The van der Waals surface area contributed by atoms with Crippen LogP contribution in [0, 0.1) is 0 Å². The van der Waals surface area contributed by atoms with E-state index in [9.17, 15) is 4.79 Å². The summed E-state index contributed by atoms with van der Waals surface area (Å²) in [4.78, 5) is 11.4. The first kappa shape index (κ1) is 20.1.